The van der Waals surface area contributed by atoms with Gasteiger partial charge in [0.1, 0.15) is 5.82 Å². The molecule has 130 valence electrons. The van der Waals surface area contributed by atoms with Crippen LogP contribution in [0, 0.1) is 0 Å². The Morgan fingerprint density at radius 2 is 1.68 bits per heavy atom. The smallest absolute Gasteiger partial charge is 0.222 e. The quantitative estimate of drug-likeness (QED) is 0.719. The third kappa shape index (κ3) is 4.42. The van der Waals surface area contributed by atoms with Gasteiger partial charge in [0.25, 0.3) is 0 Å². The number of benzene rings is 1. The number of rotatable bonds is 7. The van der Waals surface area contributed by atoms with Crippen LogP contribution < -0.4 is 5.32 Å². The molecule has 0 unspecified atom stereocenters. The van der Waals surface area contributed by atoms with Gasteiger partial charge in [-0.05, 0) is 32.1 Å². The van der Waals surface area contributed by atoms with Gasteiger partial charge in [-0.3, -0.25) is 0 Å². The largest absolute Gasteiger partial charge is 0.355 e. The molecule has 0 amide bonds. The molecule has 0 spiro atoms. The van der Waals surface area contributed by atoms with Crippen molar-refractivity contribution in [2.45, 2.75) is 20.0 Å². The Balaban J connectivity index is 1.75. The molecule has 2 aromatic heterocycles. The van der Waals surface area contributed by atoms with E-state index in [2.05, 4.69) is 68.1 Å². The molecule has 0 saturated heterocycles. The maximum Gasteiger partial charge on any atom is 0.222 e. The summed E-state index contributed by atoms with van der Waals surface area (Å²) < 4.78 is 2.12. The van der Waals surface area contributed by atoms with Gasteiger partial charge in [-0.15, -0.1) is 0 Å². The van der Waals surface area contributed by atoms with Crippen molar-refractivity contribution in [2.75, 3.05) is 26.0 Å². The zero-order chi connectivity index (χ0) is 17.6. The van der Waals surface area contributed by atoms with Gasteiger partial charge in [0.15, 0.2) is 0 Å². The van der Waals surface area contributed by atoms with Crippen molar-refractivity contribution in [3.8, 4) is 11.4 Å². The first kappa shape index (κ1) is 17.1. The summed E-state index contributed by atoms with van der Waals surface area (Å²) in [7, 11) is 4.16. The molecule has 3 aromatic rings. The third-order valence-corrected chi connectivity index (χ3v) is 3.84. The highest BCUT2D eigenvalue weighted by Crippen LogP contribution is 2.18. The summed E-state index contributed by atoms with van der Waals surface area (Å²) in [4.78, 5) is 15.3. The molecule has 0 aliphatic rings. The molecule has 2 heterocycles. The van der Waals surface area contributed by atoms with E-state index in [1.807, 2.05) is 31.7 Å². The van der Waals surface area contributed by atoms with E-state index in [-0.39, 0.29) is 0 Å². The summed E-state index contributed by atoms with van der Waals surface area (Å²) in [6.45, 7) is 4.55. The Bertz CT molecular complexity index is 790. The molecule has 0 aliphatic heterocycles. The Morgan fingerprint density at radius 3 is 2.32 bits per heavy atom. The van der Waals surface area contributed by atoms with Gasteiger partial charge in [-0.2, -0.15) is 0 Å². The van der Waals surface area contributed by atoms with Crippen LogP contribution in [-0.4, -0.2) is 45.1 Å². The second-order valence-electron chi connectivity index (χ2n) is 6.26. The van der Waals surface area contributed by atoms with Gasteiger partial charge < -0.3 is 14.8 Å². The number of nitrogens with zero attached hydrogens (tertiary/aromatic N) is 5. The van der Waals surface area contributed by atoms with Crippen LogP contribution in [0.5, 0.6) is 0 Å². The fraction of sp³-hybridized carbons (Fsp3) is 0.316. The van der Waals surface area contributed by atoms with E-state index < -0.39 is 0 Å². The first-order valence-corrected chi connectivity index (χ1v) is 8.45. The maximum absolute atomic E-state index is 4.47. The van der Waals surface area contributed by atoms with E-state index >= 15 is 0 Å². The number of imidazole rings is 1. The van der Waals surface area contributed by atoms with Crippen molar-refractivity contribution in [3.63, 3.8) is 0 Å². The van der Waals surface area contributed by atoms with Crippen molar-refractivity contribution >= 4 is 5.95 Å². The lowest BCUT2D eigenvalue weighted by Gasteiger charge is -2.11. The lowest BCUT2D eigenvalue weighted by molar-refractivity contribution is 0.402. The second-order valence-corrected chi connectivity index (χ2v) is 6.26. The number of nitrogens with one attached hydrogen (secondary N) is 1. The predicted molar refractivity (Wildman–Crippen MR) is 100 cm³/mol. The van der Waals surface area contributed by atoms with E-state index in [1.54, 1.807) is 0 Å². The summed E-state index contributed by atoms with van der Waals surface area (Å²) in [6.07, 6.45) is 7.42. The molecule has 0 atom stereocenters. The number of anilines is 1. The van der Waals surface area contributed by atoms with Crippen molar-refractivity contribution in [3.05, 3.63) is 60.2 Å². The first-order valence-electron chi connectivity index (χ1n) is 8.45. The highest BCUT2D eigenvalue weighted by molar-refractivity contribution is 5.54. The summed E-state index contributed by atoms with van der Waals surface area (Å²) in [5, 5.41) is 3.10. The molecule has 0 radical (unpaired) electrons. The van der Waals surface area contributed by atoms with E-state index in [1.165, 1.54) is 11.1 Å². The fourth-order valence-electron chi connectivity index (χ4n) is 2.70. The lowest BCUT2D eigenvalue weighted by Crippen LogP contribution is -2.10. The normalized spacial score (nSPS) is 11.0. The van der Waals surface area contributed by atoms with Gasteiger partial charge in [0.2, 0.25) is 5.95 Å². The van der Waals surface area contributed by atoms with Gasteiger partial charge in [-0.25, -0.2) is 15.0 Å². The van der Waals surface area contributed by atoms with Crippen LogP contribution in [0.2, 0.25) is 0 Å². The molecular weight excluding hydrogens is 312 g/mol. The van der Waals surface area contributed by atoms with Crippen LogP contribution in [0.4, 0.5) is 5.95 Å². The first-order chi connectivity index (χ1) is 12.2. The van der Waals surface area contributed by atoms with Crippen LogP contribution in [0.25, 0.3) is 11.4 Å². The Labute approximate surface area is 148 Å². The summed E-state index contributed by atoms with van der Waals surface area (Å²) in [5.41, 5.74) is 3.47. The van der Waals surface area contributed by atoms with Crippen molar-refractivity contribution in [1.29, 1.82) is 0 Å². The average Bonchev–Trinajstić information content (AvgIpc) is 3.05. The minimum atomic E-state index is 0.640. The zero-order valence-electron chi connectivity index (χ0n) is 15.0. The minimum absolute atomic E-state index is 0.640. The molecular formula is C19H24N6. The SMILES string of the molecule is CCNc1ncc(-c2nccn2Cc2ccc(CN(C)C)cc2)cn1. The fourth-order valence-corrected chi connectivity index (χ4v) is 2.70. The van der Waals surface area contributed by atoms with Crippen LogP contribution in [0.15, 0.2) is 49.1 Å². The van der Waals surface area contributed by atoms with Gasteiger partial charge in [0.05, 0.1) is 5.56 Å². The van der Waals surface area contributed by atoms with Crippen LogP contribution in [0.3, 0.4) is 0 Å². The lowest BCUT2D eigenvalue weighted by atomic mass is 10.1. The Kier molecular flexibility index (Phi) is 5.40. The monoisotopic (exact) mass is 336 g/mol. The number of hydrogen-bond acceptors (Lipinski definition) is 5. The minimum Gasteiger partial charge on any atom is -0.355 e. The average molecular weight is 336 g/mol. The number of hydrogen-bond donors (Lipinski definition) is 1. The summed E-state index contributed by atoms with van der Waals surface area (Å²) in [5.74, 6) is 1.52. The molecule has 1 N–H and O–H groups in total. The van der Waals surface area contributed by atoms with E-state index in [0.717, 1.165) is 31.0 Å². The molecule has 0 bridgehead atoms. The van der Waals surface area contributed by atoms with Gasteiger partial charge >= 0.3 is 0 Å². The molecule has 3 rings (SSSR count). The summed E-state index contributed by atoms with van der Waals surface area (Å²) >= 11 is 0. The van der Waals surface area contributed by atoms with E-state index in [0.29, 0.717) is 5.95 Å². The van der Waals surface area contributed by atoms with Gasteiger partial charge in [-0.1, -0.05) is 24.3 Å². The highest BCUT2D eigenvalue weighted by Gasteiger charge is 2.08. The molecule has 0 saturated carbocycles. The summed E-state index contributed by atoms with van der Waals surface area (Å²) in [6, 6.07) is 8.71. The molecule has 0 fully saturated rings. The molecule has 6 nitrogen and oxygen atoms in total. The molecule has 25 heavy (non-hydrogen) atoms. The van der Waals surface area contributed by atoms with E-state index in [9.17, 15) is 0 Å². The van der Waals surface area contributed by atoms with Crippen molar-refractivity contribution < 1.29 is 0 Å². The third-order valence-electron chi connectivity index (χ3n) is 3.84. The second kappa shape index (κ2) is 7.90. The zero-order valence-corrected chi connectivity index (χ0v) is 15.0. The Hall–Kier alpha value is -2.73. The van der Waals surface area contributed by atoms with E-state index in [4.69, 9.17) is 0 Å². The highest BCUT2D eigenvalue weighted by atomic mass is 15.1. The van der Waals surface area contributed by atoms with Crippen molar-refractivity contribution in [1.82, 2.24) is 24.4 Å². The van der Waals surface area contributed by atoms with Crippen LogP contribution in [-0.2, 0) is 13.1 Å². The van der Waals surface area contributed by atoms with Gasteiger partial charge in [0, 0.05) is 44.4 Å². The van der Waals surface area contributed by atoms with Crippen molar-refractivity contribution in [2.24, 2.45) is 0 Å². The molecule has 0 aliphatic carbocycles. The standard InChI is InChI=1S/C19H24N6/c1-4-20-19-22-11-17(12-23-19)18-21-9-10-25(18)14-16-7-5-15(6-8-16)13-24(2)3/h5-12H,4,13-14H2,1-3H3,(H,20,22,23). The number of aromatic nitrogens is 4. The van der Waals surface area contributed by atoms with Crippen LogP contribution >= 0.6 is 0 Å². The topological polar surface area (TPSA) is 58.9 Å². The van der Waals surface area contributed by atoms with Crippen LogP contribution in [0.1, 0.15) is 18.1 Å². The molecule has 6 heteroatoms. The Morgan fingerprint density at radius 1 is 1.00 bits per heavy atom. The predicted octanol–water partition coefficient (Wildman–Crippen LogP) is 2.88. The maximum atomic E-state index is 4.47. The molecule has 1 aromatic carbocycles.